The van der Waals surface area contributed by atoms with Gasteiger partial charge in [0.05, 0.1) is 5.69 Å². The molecule has 2 N–H and O–H groups in total. The van der Waals surface area contributed by atoms with Gasteiger partial charge >= 0.3 is 0 Å². The molecule has 0 aromatic carbocycles. The molecule has 3 rings (SSSR count). The van der Waals surface area contributed by atoms with E-state index in [0.29, 0.717) is 18.1 Å². The first-order chi connectivity index (χ1) is 10.6. The number of aromatic nitrogens is 6. The molecule has 0 spiro atoms. The lowest BCUT2D eigenvalue weighted by Gasteiger charge is -2.35. The summed E-state index contributed by atoms with van der Waals surface area (Å²) in [7, 11) is 0. The fraction of sp³-hybridized carbons (Fsp3) is 0.643. The third-order valence-corrected chi connectivity index (χ3v) is 4.27. The van der Waals surface area contributed by atoms with Crippen molar-refractivity contribution < 1.29 is 4.79 Å². The number of hydrogen-bond acceptors (Lipinski definition) is 5. The molecule has 22 heavy (non-hydrogen) atoms. The lowest BCUT2D eigenvalue weighted by atomic mass is 9.81. The van der Waals surface area contributed by atoms with Crippen LogP contribution >= 0.6 is 0 Å². The highest BCUT2D eigenvalue weighted by molar-refractivity contribution is 5.93. The highest BCUT2D eigenvalue weighted by Gasteiger charge is 2.39. The van der Waals surface area contributed by atoms with Crippen LogP contribution in [0.4, 0.5) is 0 Å². The summed E-state index contributed by atoms with van der Waals surface area (Å²) in [5.74, 6) is 0.439. The van der Waals surface area contributed by atoms with Gasteiger partial charge in [0.25, 0.3) is 5.91 Å². The van der Waals surface area contributed by atoms with Gasteiger partial charge in [-0.05, 0) is 32.8 Å². The van der Waals surface area contributed by atoms with Crippen LogP contribution in [0.5, 0.6) is 0 Å². The summed E-state index contributed by atoms with van der Waals surface area (Å²) in [4.78, 5) is 12.7. The quantitative estimate of drug-likeness (QED) is 0.887. The molecule has 1 aliphatic rings. The van der Waals surface area contributed by atoms with E-state index in [4.69, 9.17) is 0 Å². The van der Waals surface area contributed by atoms with Crippen molar-refractivity contribution in [1.29, 1.82) is 0 Å². The first-order valence-corrected chi connectivity index (χ1v) is 7.75. The zero-order valence-electron chi connectivity index (χ0n) is 13.0. The van der Waals surface area contributed by atoms with Crippen LogP contribution in [0, 0.1) is 6.92 Å². The fourth-order valence-electron chi connectivity index (χ4n) is 3.18. The maximum atomic E-state index is 12.7. The highest BCUT2D eigenvalue weighted by atomic mass is 16.2. The predicted molar refractivity (Wildman–Crippen MR) is 79.0 cm³/mol. The minimum absolute atomic E-state index is 0.130. The first kappa shape index (κ1) is 14.7. The summed E-state index contributed by atoms with van der Waals surface area (Å²) in [5, 5.41) is 21.9. The van der Waals surface area contributed by atoms with Gasteiger partial charge in [0, 0.05) is 6.54 Å². The maximum absolute atomic E-state index is 12.7. The summed E-state index contributed by atoms with van der Waals surface area (Å²) in [5.41, 5.74) is 0.886. The van der Waals surface area contributed by atoms with Crippen molar-refractivity contribution >= 4 is 5.91 Å². The van der Waals surface area contributed by atoms with Crippen molar-refractivity contribution in [3.05, 3.63) is 23.3 Å². The molecular formula is C14H21N7O. The molecule has 8 nitrogen and oxygen atoms in total. The summed E-state index contributed by atoms with van der Waals surface area (Å²) in [6.07, 6.45) is 4.91. The summed E-state index contributed by atoms with van der Waals surface area (Å²) < 4.78 is 1.72. The minimum atomic E-state index is -0.529. The molecule has 2 aromatic rings. The van der Waals surface area contributed by atoms with Gasteiger partial charge in [0.2, 0.25) is 0 Å². The van der Waals surface area contributed by atoms with Gasteiger partial charge in [-0.15, -0.1) is 10.2 Å². The Morgan fingerprint density at radius 3 is 2.82 bits per heavy atom. The van der Waals surface area contributed by atoms with Crippen molar-refractivity contribution in [3.8, 4) is 0 Å². The van der Waals surface area contributed by atoms with Crippen molar-refractivity contribution in [3.63, 3.8) is 0 Å². The Labute approximate surface area is 128 Å². The maximum Gasteiger partial charge on any atom is 0.270 e. The average Bonchev–Trinajstić information content (AvgIpc) is 3.17. The topological polar surface area (TPSA) is 101 Å². The van der Waals surface area contributed by atoms with Crippen LogP contribution in [-0.2, 0) is 12.1 Å². The molecule has 1 amide bonds. The van der Waals surface area contributed by atoms with Crippen LogP contribution in [-0.4, -0.2) is 36.3 Å². The lowest BCUT2D eigenvalue weighted by Crippen LogP contribution is -2.48. The number of aromatic amines is 1. The molecule has 2 aromatic heterocycles. The van der Waals surface area contributed by atoms with E-state index in [-0.39, 0.29) is 5.91 Å². The molecule has 0 unspecified atom stereocenters. The van der Waals surface area contributed by atoms with Crippen LogP contribution in [0.1, 0.15) is 61.0 Å². The largest absolute Gasteiger partial charge is 0.338 e. The third-order valence-electron chi connectivity index (χ3n) is 4.27. The Hall–Kier alpha value is -2.25. The minimum Gasteiger partial charge on any atom is -0.338 e. The van der Waals surface area contributed by atoms with Gasteiger partial charge in [-0.3, -0.25) is 9.48 Å². The number of hydrogen-bond donors (Lipinski definition) is 2. The van der Waals surface area contributed by atoms with Crippen LogP contribution in [0.3, 0.4) is 0 Å². The van der Waals surface area contributed by atoms with E-state index in [1.807, 2.05) is 19.9 Å². The predicted octanol–water partition coefficient (Wildman–Crippen LogP) is 1.31. The number of rotatable bonds is 4. The van der Waals surface area contributed by atoms with Crippen molar-refractivity contribution in [2.24, 2.45) is 0 Å². The molecule has 0 atom stereocenters. The normalized spacial score (nSPS) is 17.4. The molecule has 0 radical (unpaired) electrons. The number of nitrogens with zero attached hydrogens (tertiary/aromatic N) is 5. The number of H-pyrrole nitrogens is 1. The number of nitrogens with one attached hydrogen (secondary N) is 2. The van der Waals surface area contributed by atoms with Gasteiger partial charge in [-0.2, -0.15) is 10.3 Å². The molecule has 1 aliphatic carbocycles. The van der Waals surface area contributed by atoms with Crippen molar-refractivity contribution in [2.45, 2.75) is 58.0 Å². The highest BCUT2D eigenvalue weighted by Crippen LogP contribution is 2.35. The standard InChI is InChI=1S/C14H21N7O/c1-3-21-11(9-10(2)18-21)12(22)15-14(7-5-4-6-8-14)13-16-19-20-17-13/h9H,3-8H2,1-2H3,(H,15,22)(H,16,17,19,20). The Kier molecular flexibility index (Phi) is 3.91. The monoisotopic (exact) mass is 303 g/mol. The second-order valence-corrected chi connectivity index (χ2v) is 5.82. The average molecular weight is 303 g/mol. The van der Waals surface area contributed by atoms with Crippen molar-refractivity contribution in [1.82, 2.24) is 35.7 Å². The number of tetrazole rings is 1. The van der Waals surface area contributed by atoms with E-state index >= 15 is 0 Å². The first-order valence-electron chi connectivity index (χ1n) is 7.75. The van der Waals surface area contributed by atoms with Gasteiger partial charge in [-0.1, -0.05) is 24.5 Å². The van der Waals surface area contributed by atoms with Crippen LogP contribution < -0.4 is 5.32 Å². The van der Waals surface area contributed by atoms with Crippen LogP contribution in [0.15, 0.2) is 6.07 Å². The molecule has 0 bridgehead atoms. The Balaban J connectivity index is 1.89. The van der Waals surface area contributed by atoms with Crippen molar-refractivity contribution in [2.75, 3.05) is 0 Å². The summed E-state index contributed by atoms with van der Waals surface area (Å²) in [6, 6.07) is 1.81. The van der Waals surface area contributed by atoms with E-state index in [2.05, 4.69) is 31.0 Å². The van der Waals surface area contributed by atoms with Gasteiger partial charge < -0.3 is 5.32 Å². The third kappa shape index (κ3) is 2.60. The molecule has 2 heterocycles. The van der Waals surface area contributed by atoms with Crippen LogP contribution in [0.25, 0.3) is 0 Å². The zero-order chi connectivity index (χ0) is 15.6. The van der Waals surface area contributed by atoms with Crippen LogP contribution in [0.2, 0.25) is 0 Å². The van der Waals surface area contributed by atoms with Gasteiger partial charge in [0.15, 0.2) is 5.82 Å². The summed E-state index contributed by atoms with van der Waals surface area (Å²) >= 11 is 0. The number of amides is 1. The van der Waals surface area contributed by atoms with E-state index in [1.54, 1.807) is 4.68 Å². The molecule has 8 heteroatoms. The van der Waals surface area contributed by atoms with E-state index in [0.717, 1.165) is 31.4 Å². The van der Waals surface area contributed by atoms with E-state index in [9.17, 15) is 4.79 Å². The number of carbonyl (C=O) groups is 1. The smallest absolute Gasteiger partial charge is 0.270 e. The van der Waals surface area contributed by atoms with Gasteiger partial charge in [0.1, 0.15) is 11.2 Å². The Morgan fingerprint density at radius 2 is 2.18 bits per heavy atom. The zero-order valence-corrected chi connectivity index (χ0v) is 13.0. The van der Waals surface area contributed by atoms with E-state index < -0.39 is 5.54 Å². The number of carbonyl (C=O) groups excluding carboxylic acids is 1. The van der Waals surface area contributed by atoms with E-state index in [1.165, 1.54) is 6.42 Å². The molecule has 118 valence electrons. The Bertz CT molecular complexity index is 640. The molecule has 0 aliphatic heterocycles. The van der Waals surface area contributed by atoms with Gasteiger partial charge in [-0.25, -0.2) is 0 Å². The second kappa shape index (κ2) is 5.86. The molecule has 1 saturated carbocycles. The molecule has 1 fully saturated rings. The fourth-order valence-corrected chi connectivity index (χ4v) is 3.18. The molecule has 0 saturated heterocycles. The SMILES string of the molecule is CCn1nc(C)cc1C(=O)NC1(c2nn[nH]n2)CCCCC1. The summed E-state index contributed by atoms with van der Waals surface area (Å²) in [6.45, 7) is 4.52. The molecular weight excluding hydrogens is 282 g/mol. The number of aryl methyl sites for hydroxylation is 2. The Morgan fingerprint density at radius 1 is 1.41 bits per heavy atom. The lowest BCUT2D eigenvalue weighted by molar-refractivity contribution is 0.0846. The second-order valence-electron chi connectivity index (χ2n) is 5.82.